The van der Waals surface area contributed by atoms with Gasteiger partial charge in [-0.25, -0.2) is 0 Å². The summed E-state index contributed by atoms with van der Waals surface area (Å²) >= 11 is 1.53. The Labute approximate surface area is 166 Å². The van der Waals surface area contributed by atoms with Gasteiger partial charge in [0.2, 0.25) is 11.9 Å². The Morgan fingerprint density at radius 2 is 2.00 bits per heavy atom. The highest BCUT2D eigenvalue weighted by Crippen LogP contribution is 2.26. The Hall–Kier alpha value is -1.28. The maximum atomic E-state index is 12.8. The minimum Gasteiger partial charge on any atom is -0.378 e. The summed E-state index contributed by atoms with van der Waals surface area (Å²) in [5, 5.41) is 9.73. The van der Waals surface area contributed by atoms with Crippen LogP contribution in [0.2, 0.25) is 0 Å². The SMILES string of the molecule is CCC1CCCCN1C(=O)CSc1nnc(N2CCOCC2)n1CC(C)C. The molecule has 1 atom stereocenters. The van der Waals surface area contributed by atoms with Crippen LogP contribution in [-0.2, 0) is 16.1 Å². The third-order valence-corrected chi connectivity index (χ3v) is 6.23. The first kappa shape index (κ1) is 20.5. The highest BCUT2D eigenvalue weighted by Gasteiger charge is 2.26. The maximum Gasteiger partial charge on any atom is 0.233 e. The molecule has 152 valence electrons. The molecule has 3 heterocycles. The molecule has 1 aromatic rings. The molecule has 2 aliphatic rings. The lowest BCUT2D eigenvalue weighted by Gasteiger charge is -2.35. The second-order valence-corrected chi connectivity index (χ2v) is 8.76. The topological polar surface area (TPSA) is 63.5 Å². The summed E-state index contributed by atoms with van der Waals surface area (Å²) in [6.07, 6.45) is 4.54. The molecule has 3 rings (SSSR count). The van der Waals surface area contributed by atoms with Crippen LogP contribution in [-0.4, -0.2) is 70.2 Å². The van der Waals surface area contributed by atoms with E-state index in [1.165, 1.54) is 18.2 Å². The summed E-state index contributed by atoms with van der Waals surface area (Å²) in [7, 11) is 0. The average molecular weight is 396 g/mol. The third kappa shape index (κ3) is 5.16. The van der Waals surface area contributed by atoms with Gasteiger partial charge in [0, 0.05) is 32.2 Å². The van der Waals surface area contributed by atoms with Crippen LogP contribution < -0.4 is 4.90 Å². The lowest BCUT2D eigenvalue weighted by molar-refractivity contribution is -0.132. The first-order valence-corrected chi connectivity index (χ1v) is 11.3. The van der Waals surface area contributed by atoms with Crippen LogP contribution in [0.5, 0.6) is 0 Å². The van der Waals surface area contributed by atoms with Crippen molar-refractivity contribution < 1.29 is 9.53 Å². The third-order valence-electron chi connectivity index (χ3n) is 5.28. The Balaban J connectivity index is 1.68. The van der Waals surface area contributed by atoms with Crippen molar-refractivity contribution in [2.24, 2.45) is 5.92 Å². The van der Waals surface area contributed by atoms with Crippen LogP contribution in [0.25, 0.3) is 0 Å². The summed E-state index contributed by atoms with van der Waals surface area (Å²) in [5.41, 5.74) is 0. The smallest absolute Gasteiger partial charge is 0.233 e. The highest BCUT2D eigenvalue weighted by molar-refractivity contribution is 7.99. The number of likely N-dealkylation sites (tertiary alicyclic amines) is 1. The summed E-state index contributed by atoms with van der Waals surface area (Å²) in [6.45, 7) is 11.5. The predicted octanol–water partition coefficient (Wildman–Crippen LogP) is 2.65. The molecular weight excluding hydrogens is 362 g/mol. The Morgan fingerprint density at radius 3 is 2.70 bits per heavy atom. The van der Waals surface area contributed by atoms with E-state index in [0.717, 1.165) is 69.8 Å². The van der Waals surface area contributed by atoms with E-state index in [-0.39, 0.29) is 5.91 Å². The minimum absolute atomic E-state index is 0.235. The Morgan fingerprint density at radius 1 is 1.22 bits per heavy atom. The monoisotopic (exact) mass is 395 g/mol. The minimum atomic E-state index is 0.235. The zero-order chi connectivity index (χ0) is 19.2. The van der Waals surface area contributed by atoms with Crippen molar-refractivity contribution in [1.82, 2.24) is 19.7 Å². The van der Waals surface area contributed by atoms with E-state index in [0.29, 0.717) is 17.7 Å². The molecule has 0 saturated carbocycles. The number of amides is 1. The molecule has 0 radical (unpaired) electrons. The van der Waals surface area contributed by atoms with Gasteiger partial charge in [-0.05, 0) is 31.6 Å². The van der Waals surface area contributed by atoms with Gasteiger partial charge in [0.15, 0.2) is 5.16 Å². The lowest BCUT2D eigenvalue weighted by atomic mass is 10.0. The zero-order valence-corrected chi connectivity index (χ0v) is 17.7. The largest absolute Gasteiger partial charge is 0.378 e. The number of rotatable bonds is 7. The second-order valence-electron chi connectivity index (χ2n) is 7.82. The molecule has 2 saturated heterocycles. The van der Waals surface area contributed by atoms with E-state index < -0.39 is 0 Å². The number of ether oxygens (including phenoxy) is 1. The fraction of sp³-hybridized carbons (Fsp3) is 0.842. The molecule has 2 fully saturated rings. The number of hydrogen-bond acceptors (Lipinski definition) is 6. The van der Waals surface area contributed by atoms with Crippen LogP contribution in [0.3, 0.4) is 0 Å². The van der Waals surface area contributed by atoms with Crippen LogP contribution in [0, 0.1) is 5.92 Å². The Kier molecular flexibility index (Phi) is 7.41. The number of carbonyl (C=O) groups is 1. The van der Waals surface area contributed by atoms with Crippen LogP contribution in [0.1, 0.15) is 46.5 Å². The maximum absolute atomic E-state index is 12.8. The van der Waals surface area contributed by atoms with Gasteiger partial charge in [0.1, 0.15) is 0 Å². The molecule has 7 nitrogen and oxygen atoms in total. The van der Waals surface area contributed by atoms with Gasteiger partial charge in [-0.2, -0.15) is 0 Å². The Bertz CT molecular complexity index is 615. The summed E-state index contributed by atoms with van der Waals surface area (Å²) in [5.74, 6) is 2.07. The van der Waals surface area contributed by atoms with Gasteiger partial charge >= 0.3 is 0 Å². The standard InChI is InChI=1S/C19H33N5O2S/c1-4-16-7-5-6-8-23(16)17(25)14-27-19-21-20-18(24(19)13-15(2)3)22-9-11-26-12-10-22/h15-16H,4-14H2,1-3H3. The lowest BCUT2D eigenvalue weighted by Crippen LogP contribution is -2.44. The number of hydrogen-bond donors (Lipinski definition) is 0. The van der Waals surface area contributed by atoms with Crippen molar-refractivity contribution in [1.29, 1.82) is 0 Å². The van der Waals surface area contributed by atoms with Crippen LogP contribution >= 0.6 is 11.8 Å². The van der Waals surface area contributed by atoms with E-state index in [4.69, 9.17) is 4.74 Å². The first-order chi connectivity index (χ1) is 13.1. The molecular formula is C19H33N5O2S. The number of thioether (sulfide) groups is 1. The molecule has 0 spiro atoms. The molecule has 2 aliphatic heterocycles. The molecule has 1 amide bonds. The van der Waals surface area contributed by atoms with Gasteiger partial charge in [-0.1, -0.05) is 32.5 Å². The summed E-state index contributed by atoms with van der Waals surface area (Å²) in [6, 6.07) is 0.407. The van der Waals surface area contributed by atoms with E-state index in [1.54, 1.807) is 0 Å². The summed E-state index contributed by atoms with van der Waals surface area (Å²) < 4.78 is 7.64. The van der Waals surface area contributed by atoms with Crippen molar-refractivity contribution >= 4 is 23.6 Å². The van der Waals surface area contributed by atoms with Crippen molar-refractivity contribution in [3.8, 4) is 0 Å². The predicted molar refractivity (Wildman–Crippen MR) is 108 cm³/mol. The molecule has 1 unspecified atom stereocenters. The number of morpholine rings is 1. The van der Waals surface area contributed by atoms with E-state index in [9.17, 15) is 4.79 Å². The van der Waals surface area contributed by atoms with Gasteiger partial charge in [-0.15, -0.1) is 10.2 Å². The molecule has 0 N–H and O–H groups in total. The van der Waals surface area contributed by atoms with E-state index in [2.05, 4.69) is 45.3 Å². The number of nitrogens with zero attached hydrogens (tertiary/aromatic N) is 5. The fourth-order valence-corrected chi connectivity index (χ4v) is 4.70. The fourth-order valence-electron chi connectivity index (χ4n) is 3.87. The van der Waals surface area contributed by atoms with Gasteiger partial charge in [0.25, 0.3) is 0 Å². The quantitative estimate of drug-likeness (QED) is 0.662. The van der Waals surface area contributed by atoms with Crippen LogP contribution in [0.4, 0.5) is 5.95 Å². The number of anilines is 1. The molecule has 0 aliphatic carbocycles. The van der Waals surface area contributed by atoms with E-state index in [1.807, 2.05) is 0 Å². The highest BCUT2D eigenvalue weighted by atomic mass is 32.2. The van der Waals surface area contributed by atoms with Gasteiger partial charge in [0.05, 0.1) is 19.0 Å². The second kappa shape index (κ2) is 9.78. The van der Waals surface area contributed by atoms with Crippen molar-refractivity contribution in [3.63, 3.8) is 0 Å². The number of aromatic nitrogens is 3. The van der Waals surface area contributed by atoms with Crippen molar-refractivity contribution in [2.75, 3.05) is 43.5 Å². The zero-order valence-electron chi connectivity index (χ0n) is 16.9. The van der Waals surface area contributed by atoms with Gasteiger partial charge in [-0.3, -0.25) is 9.36 Å². The number of piperidine rings is 1. The van der Waals surface area contributed by atoms with E-state index >= 15 is 0 Å². The molecule has 1 aromatic heterocycles. The molecule has 0 aromatic carbocycles. The van der Waals surface area contributed by atoms with Crippen molar-refractivity contribution in [2.45, 2.75) is 64.2 Å². The molecule has 0 bridgehead atoms. The van der Waals surface area contributed by atoms with Crippen LogP contribution in [0.15, 0.2) is 5.16 Å². The molecule has 8 heteroatoms. The van der Waals surface area contributed by atoms with Gasteiger partial charge < -0.3 is 14.5 Å². The summed E-state index contributed by atoms with van der Waals surface area (Å²) in [4.78, 5) is 17.1. The average Bonchev–Trinajstić information content (AvgIpc) is 3.08. The first-order valence-electron chi connectivity index (χ1n) is 10.3. The van der Waals surface area contributed by atoms with Crippen molar-refractivity contribution in [3.05, 3.63) is 0 Å². The molecule has 27 heavy (non-hydrogen) atoms. The number of carbonyl (C=O) groups excluding carboxylic acids is 1. The normalized spacial score (nSPS) is 21.1.